The Labute approximate surface area is 51.3 Å². The lowest BCUT2D eigenvalue weighted by molar-refractivity contribution is -0.136. The first-order chi connectivity index (χ1) is 4.33. The van der Waals surface area contributed by atoms with Crippen LogP contribution >= 0.6 is 0 Å². The predicted octanol–water partition coefficient (Wildman–Crippen LogP) is 0.748. The predicted molar refractivity (Wildman–Crippen MR) is 27.7 cm³/mol. The van der Waals surface area contributed by atoms with Crippen LogP contribution in [-0.2, 0) is 9.53 Å². The highest BCUT2D eigenvalue weighted by Gasteiger charge is 2.11. The second kappa shape index (κ2) is 2.31. The zero-order valence-electron chi connectivity index (χ0n) is 4.48. The molecule has 3 heteroatoms. The Kier molecular flexibility index (Phi) is 1.50. The van der Waals surface area contributed by atoms with Gasteiger partial charge in [0.25, 0.3) is 0 Å². The molecule has 0 bridgehead atoms. The molecule has 0 aromatic carbocycles. The summed E-state index contributed by atoms with van der Waals surface area (Å²) in [6.07, 6.45) is 2.77. The van der Waals surface area contributed by atoms with Crippen molar-refractivity contribution >= 4 is 5.97 Å². The van der Waals surface area contributed by atoms with Gasteiger partial charge in [-0.2, -0.15) is 0 Å². The molecule has 0 aromatic rings. The summed E-state index contributed by atoms with van der Waals surface area (Å²) in [5.74, 6) is 1.71. The lowest BCUT2D eigenvalue weighted by Gasteiger charge is -1.87. The van der Waals surface area contributed by atoms with Crippen molar-refractivity contribution in [2.75, 3.05) is 0 Å². The largest absolute Gasteiger partial charge is 0.417 e. The Morgan fingerprint density at radius 1 is 1.78 bits per heavy atom. The number of allylic oxidation sites excluding steroid dienone is 1. The lowest BCUT2D eigenvalue weighted by atomic mass is 10.4. The summed E-state index contributed by atoms with van der Waals surface area (Å²) in [4.78, 5) is 10.3. The molecule has 0 aliphatic carbocycles. The molecule has 0 atom stereocenters. The summed E-state index contributed by atoms with van der Waals surface area (Å²) in [6.45, 7) is 0. The third-order valence-electron chi connectivity index (χ3n) is 0.848. The first kappa shape index (κ1) is 5.83. The van der Waals surface area contributed by atoms with Gasteiger partial charge in [0.2, 0.25) is 0 Å². The number of ether oxygens (including phenoxy) is 1. The second-order valence-electron chi connectivity index (χ2n) is 1.47. The minimum Gasteiger partial charge on any atom is -0.417 e. The van der Waals surface area contributed by atoms with Gasteiger partial charge in [0.05, 0.1) is 6.42 Å². The maximum atomic E-state index is 11.2. The van der Waals surface area contributed by atoms with E-state index in [-0.39, 0.29) is 18.1 Å². The fraction of sp³-hybridized carbons (Fsp3) is 0.167. The number of hydrogen-bond acceptors (Lipinski definition) is 2. The van der Waals surface area contributed by atoms with Crippen LogP contribution in [0.2, 0.25) is 0 Å². The first-order valence-corrected chi connectivity index (χ1v) is 2.35. The third-order valence-corrected chi connectivity index (χ3v) is 0.848. The van der Waals surface area contributed by atoms with Gasteiger partial charge in [-0.3, -0.25) is 4.79 Å². The maximum absolute atomic E-state index is 11.2. The number of rotatable bonds is 0. The van der Waals surface area contributed by atoms with Crippen LogP contribution < -0.4 is 0 Å². The monoisotopic (exact) mass is 126 g/mol. The Bertz CT molecular complexity index is 219. The third kappa shape index (κ3) is 1.29. The van der Waals surface area contributed by atoms with Gasteiger partial charge in [-0.25, -0.2) is 0 Å². The van der Waals surface area contributed by atoms with Crippen molar-refractivity contribution in [2.24, 2.45) is 0 Å². The highest BCUT2D eigenvalue weighted by atomic mass is 19.1. The van der Waals surface area contributed by atoms with E-state index in [1.807, 2.05) is 5.92 Å². The van der Waals surface area contributed by atoms with Crippen LogP contribution in [0, 0.1) is 12.1 Å². The summed E-state index contributed by atoms with van der Waals surface area (Å²) in [5, 5.41) is 0. The number of halogens is 1. The summed E-state index contributed by atoms with van der Waals surface area (Å²) in [5.41, 5.74) is 0. The van der Waals surface area contributed by atoms with E-state index >= 15 is 0 Å². The van der Waals surface area contributed by atoms with Crippen molar-refractivity contribution in [1.82, 2.24) is 0 Å². The Balaban J connectivity index is 2.62. The molecule has 0 saturated carbocycles. The quantitative estimate of drug-likeness (QED) is 0.353. The fourth-order valence-corrected chi connectivity index (χ4v) is 0.505. The molecule has 1 aliphatic heterocycles. The summed E-state index contributed by atoms with van der Waals surface area (Å²) < 4.78 is 15.6. The smallest absolute Gasteiger partial charge is 0.315 e. The highest BCUT2D eigenvalue weighted by Crippen LogP contribution is 2.08. The first-order valence-electron chi connectivity index (χ1n) is 2.35. The Hall–Kier alpha value is -1.30. The van der Waals surface area contributed by atoms with E-state index in [2.05, 4.69) is 4.74 Å². The van der Waals surface area contributed by atoms with E-state index in [9.17, 15) is 9.18 Å². The molecule has 0 fully saturated rings. The van der Waals surface area contributed by atoms with Gasteiger partial charge in [-0.1, -0.05) is 0 Å². The molecule has 1 aliphatic rings. The maximum Gasteiger partial charge on any atom is 0.315 e. The Morgan fingerprint density at radius 3 is 3.00 bits per heavy atom. The molecule has 0 saturated heterocycles. The molecular weight excluding hydrogens is 123 g/mol. The van der Waals surface area contributed by atoms with Gasteiger partial charge < -0.3 is 4.74 Å². The topological polar surface area (TPSA) is 26.3 Å². The van der Waals surface area contributed by atoms with E-state index in [0.717, 1.165) is 6.17 Å². The molecule has 0 unspecified atom stereocenters. The fourth-order valence-electron chi connectivity index (χ4n) is 0.505. The van der Waals surface area contributed by atoms with Crippen molar-refractivity contribution in [3.8, 4) is 12.1 Å². The Morgan fingerprint density at radius 2 is 2.56 bits per heavy atom. The van der Waals surface area contributed by atoms with Crippen molar-refractivity contribution in [3.05, 3.63) is 11.8 Å². The van der Waals surface area contributed by atoms with Gasteiger partial charge in [0, 0.05) is 5.92 Å². The van der Waals surface area contributed by atoms with E-state index in [1.165, 1.54) is 6.08 Å². The van der Waals surface area contributed by atoms with E-state index in [0.29, 0.717) is 0 Å². The summed E-state index contributed by atoms with van der Waals surface area (Å²) >= 11 is 0. The molecular formula is C6H3FO2. The molecule has 0 spiro atoms. The average molecular weight is 126 g/mol. The van der Waals surface area contributed by atoms with E-state index in [4.69, 9.17) is 0 Å². The van der Waals surface area contributed by atoms with Crippen LogP contribution in [0.15, 0.2) is 11.8 Å². The normalized spacial score (nSPS) is 15.7. The molecule has 9 heavy (non-hydrogen) atoms. The average Bonchev–Trinajstić information content (AvgIpc) is 2.17. The highest BCUT2D eigenvalue weighted by molar-refractivity contribution is 5.76. The molecule has 2 nitrogen and oxygen atoms in total. The van der Waals surface area contributed by atoms with Gasteiger partial charge in [-0.05, 0) is 6.08 Å². The molecule has 1 rings (SSSR count). The van der Waals surface area contributed by atoms with Gasteiger partial charge in [0.1, 0.15) is 6.17 Å². The van der Waals surface area contributed by atoms with Crippen LogP contribution in [0.1, 0.15) is 6.42 Å². The van der Waals surface area contributed by atoms with E-state index < -0.39 is 0 Å². The molecule has 0 aromatic heterocycles. The zero-order chi connectivity index (χ0) is 6.69. The van der Waals surface area contributed by atoms with Crippen LogP contribution in [0.5, 0.6) is 0 Å². The molecule has 0 amide bonds. The van der Waals surface area contributed by atoms with Gasteiger partial charge in [0.15, 0.2) is 5.76 Å². The molecule has 46 valence electrons. The molecule has 0 radical (unpaired) electrons. The number of carbonyl (C=O) groups is 1. The zero-order valence-corrected chi connectivity index (χ0v) is 4.48. The number of hydrogen-bond donors (Lipinski definition) is 0. The molecule has 1 heterocycles. The van der Waals surface area contributed by atoms with E-state index in [1.54, 1.807) is 0 Å². The van der Waals surface area contributed by atoms with Crippen molar-refractivity contribution < 1.29 is 13.9 Å². The van der Waals surface area contributed by atoms with Crippen LogP contribution in [0.25, 0.3) is 0 Å². The SMILES string of the molecule is O=C1CC=C(C#CF)O1. The summed E-state index contributed by atoms with van der Waals surface area (Å²) in [7, 11) is 0. The van der Waals surface area contributed by atoms with Crippen molar-refractivity contribution in [3.63, 3.8) is 0 Å². The molecule has 0 N–H and O–H groups in total. The minimum absolute atomic E-state index is 0.113. The lowest BCUT2D eigenvalue weighted by Crippen LogP contribution is -1.91. The number of esters is 1. The number of cyclic esters (lactones) is 1. The summed E-state index contributed by atoms with van der Waals surface area (Å²) in [6, 6.07) is 0. The van der Waals surface area contributed by atoms with Crippen LogP contribution in [0.4, 0.5) is 4.39 Å². The van der Waals surface area contributed by atoms with Crippen LogP contribution in [-0.4, -0.2) is 5.97 Å². The van der Waals surface area contributed by atoms with Gasteiger partial charge >= 0.3 is 5.97 Å². The van der Waals surface area contributed by atoms with Crippen molar-refractivity contribution in [1.29, 1.82) is 0 Å². The van der Waals surface area contributed by atoms with Crippen molar-refractivity contribution in [2.45, 2.75) is 6.42 Å². The standard InChI is InChI=1S/C6H3FO2/c7-4-3-5-1-2-6(8)9-5/h1H,2H2. The minimum atomic E-state index is -0.382. The second-order valence-corrected chi connectivity index (χ2v) is 1.47. The van der Waals surface area contributed by atoms with Crippen LogP contribution in [0.3, 0.4) is 0 Å². The number of carbonyl (C=O) groups excluding carboxylic acids is 1. The van der Waals surface area contributed by atoms with Gasteiger partial charge in [-0.15, -0.1) is 4.39 Å².